The van der Waals surface area contributed by atoms with Crippen molar-refractivity contribution in [2.24, 2.45) is 5.41 Å². The maximum atomic E-state index is 12.5. The van der Waals surface area contributed by atoms with Gasteiger partial charge in [-0.3, -0.25) is 4.79 Å². The van der Waals surface area contributed by atoms with E-state index in [0.29, 0.717) is 19.0 Å². The molecule has 1 atom stereocenters. The molecule has 4 nitrogen and oxygen atoms in total. The van der Waals surface area contributed by atoms with Crippen molar-refractivity contribution in [3.8, 4) is 0 Å². The van der Waals surface area contributed by atoms with Crippen LogP contribution in [-0.4, -0.2) is 30.5 Å². The number of amides is 1. The van der Waals surface area contributed by atoms with Gasteiger partial charge >= 0.3 is 0 Å². The number of hydrogen-bond acceptors (Lipinski definition) is 4. The highest BCUT2D eigenvalue weighted by atomic mass is 35.5. The Hall–Kier alpha value is -1.17. The van der Waals surface area contributed by atoms with Crippen molar-refractivity contribution < 1.29 is 4.79 Å². The minimum atomic E-state index is 0. The summed E-state index contributed by atoms with van der Waals surface area (Å²) in [7, 11) is 1.92. The number of fused-ring (bicyclic) bond motifs is 1. The molecule has 1 heterocycles. The number of para-hydroxylation sites is 1. The number of nitrogens with one attached hydrogen (secondary N) is 2. The van der Waals surface area contributed by atoms with Crippen LogP contribution in [0, 0.1) is 5.41 Å². The average Bonchev–Trinajstić information content (AvgIpc) is 3.02. The zero-order valence-electron chi connectivity index (χ0n) is 15.7. The molecule has 0 aliphatic heterocycles. The largest absolute Gasteiger partial charge is 0.355 e. The zero-order valence-corrected chi connectivity index (χ0v) is 17.3. The van der Waals surface area contributed by atoms with E-state index >= 15 is 0 Å². The molecular weight excluding hydrogens is 366 g/mol. The molecule has 2 N–H and O–H groups in total. The van der Waals surface area contributed by atoms with E-state index in [2.05, 4.69) is 35.8 Å². The monoisotopic (exact) mass is 395 g/mol. The molecule has 1 unspecified atom stereocenters. The summed E-state index contributed by atoms with van der Waals surface area (Å²) < 4.78 is 1.25. The summed E-state index contributed by atoms with van der Waals surface area (Å²) in [6, 6.07) is 8.62. The molecule has 1 aliphatic carbocycles. The number of benzene rings is 1. The van der Waals surface area contributed by atoms with Crippen molar-refractivity contribution in [1.29, 1.82) is 0 Å². The first kappa shape index (κ1) is 21.1. The zero-order chi connectivity index (χ0) is 17.7. The number of carbonyl (C=O) groups excluding carboxylic acids is 1. The lowest BCUT2D eigenvalue weighted by Crippen LogP contribution is -2.40. The number of likely N-dealkylation sites (N-methyl/N-ethyl adjacent to an activating group) is 1. The van der Waals surface area contributed by atoms with Crippen LogP contribution < -0.4 is 10.6 Å². The fraction of sp³-hybridized carbons (Fsp3) is 0.600. The van der Waals surface area contributed by atoms with Gasteiger partial charge in [0.05, 0.1) is 15.2 Å². The molecule has 1 fully saturated rings. The Labute approximate surface area is 166 Å². The molecule has 0 radical (unpaired) electrons. The number of carbonyl (C=O) groups is 1. The molecular formula is C20H30ClN3OS. The van der Waals surface area contributed by atoms with Gasteiger partial charge in [-0.2, -0.15) is 0 Å². The Morgan fingerprint density at radius 1 is 1.27 bits per heavy atom. The highest BCUT2D eigenvalue weighted by molar-refractivity contribution is 7.18. The van der Waals surface area contributed by atoms with E-state index in [1.54, 1.807) is 11.3 Å². The van der Waals surface area contributed by atoms with Gasteiger partial charge in [0.2, 0.25) is 5.91 Å². The highest BCUT2D eigenvalue weighted by Crippen LogP contribution is 2.43. The van der Waals surface area contributed by atoms with Crippen LogP contribution in [0.1, 0.15) is 50.5 Å². The van der Waals surface area contributed by atoms with Crippen LogP contribution in [0.5, 0.6) is 0 Å². The second-order valence-corrected chi connectivity index (χ2v) is 8.60. The predicted molar refractivity (Wildman–Crippen MR) is 112 cm³/mol. The van der Waals surface area contributed by atoms with Crippen LogP contribution >= 0.6 is 23.7 Å². The molecule has 0 spiro atoms. The first-order chi connectivity index (χ1) is 12.1. The van der Waals surface area contributed by atoms with Crippen LogP contribution in [0.15, 0.2) is 24.3 Å². The van der Waals surface area contributed by atoms with Crippen LogP contribution in [0.2, 0.25) is 0 Å². The van der Waals surface area contributed by atoms with Gasteiger partial charge in [0, 0.05) is 25.4 Å². The SMILES string of the molecule is CNC(C)CNC(=O)CC1(Cc2nc3ccccc3s2)CCCCC1.Cl. The van der Waals surface area contributed by atoms with Gasteiger partial charge in [0.15, 0.2) is 0 Å². The molecule has 0 saturated heterocycles. The van der Waals surface area contributed by atoms with Crippen molar-refractivity contribution in [1.82, 2.24) is 15.6 Å². The topological polar surface area (TPSA) is 54.0 Å². The lowest BCUT2D eigenvalue weighted by Gasteiger charge is -2.36. The van der Waals surface area contributed by atoms with Gasteiger partial charge < -0.3 is 10.6 Å². The van der Waals surface area contributed by atoms with Gasteiger partial charge in [-0.1, -0.05) is 31.4 Å². The Morgan fingerprint density at radius 2 is 2.00 bits per heavy atom. The van der Waals surface area contributed by atoms with Crippen LogP contribution in [0.4, 0.5) is 0 Å². The number of rotatable bonds is 7. The van der Waals surface area contributed by atoms with E-state index in [-0.39, 0.29) is 23.7 Å². The van der Waals surface area contributed by atoms with Crippen molar-refractivity contribution in [2.45, 2.75) is 57.9 Å². The quantitative estimate of drug-likeness (QED) is 0.733. The van der Waals surface area contributed by atoms with Crippen LogP contribution in [-0.2, 0) is 11.2 Å². The third kappa shape index (κ3) is 5.41. The molecule has 1 saturated carbocycles. The Kier molecular flexibility index (Phi) is 7.86. The van der Waals surface area contributed by atoms with E-state index in [9.17, 15) is 4.79 Å². The average molecular weight is 396 g/mol. The third-order valence-electron chi connectivity index (χ3n) is 5.41. The molecule has 0 bridgehead atoms. The maximum Gasteiger partial charge on any atom is 0.220 e. The second-order valence-electron chi connectivity index (χ2n) is 7.48. The molecule has 1 aromatic heterocycles. The summed E-state index contributed by atoms with van der Waals surface area (Å²) >= 11 is 1.79. The van der Waals surface area contributed by atoms with E-state index in [0.717, 1.165) is 24.8 Å². The van der Waals surface area contributed by atoms with E-state index in [1.807, 2.05) is 13.1 Å². The van der Waals surface area contributed by atoms with Gasteiger partial charge in [-0.05, 0) is 44.4 Å². The predicted octanol–water partition coefficient (Wildman–Crippen LogP) is 4.33. The molecule has 6 heteroatoms. The lowest BCUT2D eigenvalue weighted by molar-refractivity contribution is -0.124. The Bertz CT molecular complexity index is 679. The number of aromatic nitrogens is 1. The van der Waals surface area contributed by atoms with Gasteiger partial charge in [0.25, 0.3) is 0 Å². The first-order valence-corrected chi connectivity index (χ1v) is 10.2. The van der Waals surface area contributed by atoms with E-state index in [4.69, 9.17) is 4.98 Å². The maximum absolute atomic E-state index is 12.5. The molecule has 26 heavy (non-hydrogen) atoms. The number of hydrogen-bond donors (Lipinski definition) is 2. The molecule has 3 rings (SSSR count). The fourth-order valence-corrected chi connectivity index (χ4v) is 4.95. The second kappa shape index (κ2) is 9.67. The molecule has 2 aromatic rings. The lowest BCUT2D eigenvalue weighted by atomic mass is 9.69. The summed E-state index contributed by atoms with van der Waals surface area (Å²) in [5, 5.41) is 7.44. The molecule has 1 amide bonds. The highest BCUT2D eigenvalue weighted by Gasteiger charge is 2.35. The van der Waals surface area contributed by atoms with Crippen LogP contribution in [0.25, 0.3) is 10.2 Å². The minimum Gasteiger partial charge on any atom is -0.355 e. The normalized spacial score (nSPS) is 17.5. The summed E-state index contributed by atoms with van der Waals surface area (Å²) in [6.45, 7) is 2.77. The van der Waals surface area contributed by atoms with Gasteiger partial charge in [0.1, 0.15) is 0 Å². The fourth-order valence-electron chi connectivity index (χ4n) is 3.81. The smallest absolute Gasteiger partial charge is 0.220 e. The van der Waals surface area contributed by atoms with Gasteiger partial charge in [-0.15, -0.1) is 23.7 Å². The molecule has 144 valence electrons. The Morgan fingerprint density at radius 3 is 2.69 bits per heavy atom. The molecule has 1 aliphatic rings. The summed E-state index contributed by atoms with van der Waals surface area (Å²) in [6.07, 6.45) is 7.58. The van der Waals surface area contributed by atoms with Crippen molar-refractivity contribution in [3.05, 3.63) is 29.3 Å². The van der Waals surface area contributed by atoms with Crippen molar-refractivity contribution in [2.75, 3.05) is 13.6 Å². The summed E-state index contributed by atoms with van der Waals surface area (Å²) in [5.41, 5.74) is 1.17. The third-order valence-corrected chi connectivity index (χ3v) is 6.45. The number of thiazole rings is 1. The van der Waals surface area contributed by atoms with Crippen molar-refractivity contribution in [3.63, 3.8) is 0 Å². The van der Waals surface area contributed by atoms with E-state index < -0.39 is 0 Å². The van der Waals surface area contributed by atoms with Gasteiger partial charge in [-0.25, -0.2) is 4.98 Å². The standard InChI is InChI=1S/C20H29N3OS.ClH/c1-15(21-2)14-22-18(24)12-20(10-6-3-7-11-20)13-19-23-16-8-4-5-9-17(16)25-19;/h4-5,8-9,15,21H,3,6-7,10-14H2,1-2H3,(H,22,24);1H. The number of nitrogens with zero attached hydrogens (tertiary/aromatic N) is 1. The van der Waals surface area contributed by atoms with Crippen LogP contribution in [0.3, 0.4) is 0 Å². The van der Waals surface area contributed by atoms with E-state index in [1.165, 1.54) is 29.0 Å². The Balaban J connectivity index is 0.00000243. The minimum absolute atomic E-state index is 0. The molecule has 1 aromatic carbocycles. The number of halogens is 1. The van der Waals surface area contributed by atoms with Crippen molar-refractivity contribution >= 4 is 39.9 Å². The summed E-state index contributed by atoms with van der Waals surface area (Å²) in [5.74, 6) is 0.185. The summed E-state index contributed by atoms with van der Waals surface area (Å²) in [4.78, 5) is 17.4. The first-order valence-electron chi connectivity index (χ1n) is 9.39.